The molecule has 4 aromatic heterocycles. The first kappa shape index (κ1) is 25.7. The highest BCUT2D eigenvalue weighted by molar-refractivity contribution is 7.91. The molecule has 0 aromatic carbocycles. The highest BCUT2D eigenvalue weighted by atomic mass is 35.5. The lowest BCUT2D eigenvalue weighted by Crippen LogP contribution is -2.30. The standard InChI is InChI=1S/C23H25ClN8O3S/c1-14-6-5-7-19(29-14)23-31-30-20(32(23)15(2)17-8-25-13-26-9-17)12-36(33,34)16(3)21(35-4)22-27-10-18(24)11-28-22/h5-11,13,15-16,21H,12H2,1-4H3/t15-,16+,21+/m1/s1. The highest BCUT2D eigenvalue weighted by Gasteiger charge is 2.35. The van der Waals surface area contributed by atoms with Gasteiger partial charge in [-0.1, -0.05) is 17.7 Å². The quantitative estimate of drug-likeness (QED) is 0.318. The Balaban J connectivity index is 1.74. The SMILES string of the molecule is CO[C@H](c1ncc(Cl)cn1)[C@H](C)S(=O)(=O)Cc1nnc(-c2cccc(C)n2)n1[C@H](C)c1cncnc1. The average molecular weight is 529 g/mol. The van der Waals surface area contributed by atoms with Gasteiger partial charge in [-0.25, -0.2) is 33.3 Å². The number of hydrogen-bond acceptors (Lipinski definition) is 10. The minimum Gasteiger partial charge on any atom is -0.372 e. The van der Waals surface area contributed by atoms with Gasteiger partial charge in [0.25, 0.3) is 0 Å². The van der Waals surface area contributed by atoms with E-state index in [1.807, 2.05) is 32.0 Å². The summed E-state index contributed by atoms with van der Waals surface area (Å²) in [5, 5.41) is 7.95. The summed E-state index contributed by atoms with van der Waals surface area (Å²) in [4.78, 5) is 21.0. The Morgan fingerprint density at radius 3 is 2.39 bits per heavy atom. The Morgan fingerprint density at radius 2 is 1.75 bits per heavy atom. The van der Waals surface area contributed by atoms with Gasteiger partial charge in [0.15, 0.2) is 21.5 Å². The number of ether oxygens (including phenoxy) is 1. The van der Waals surface area contributed by atoms with Crippen LogP contribution in [-0.4, -0.2) is 60.5 Å². The molecule has 0 radical (unpaired) electrons. The van der Waals surface area contributed by atoms with E-state index in [1.165, 1.54) is 25.8 Å². The maximum atomic E-state index is 13.6. The summed E-state index contributed by atoms with van der Waals surface area (Å²) in [6, 6.07) is 5.18. The Hall–Kier alpha value is -3.35. The van der Waals surface area contributed by atoms with E-state index in [-0.39, 0.29) is 17.7 Å². The minimum atomic E-state index is -3.81. The second-order valence-electron chi connectivity index (χ2n) is 8.25. The van der Waals surface area contributed by atoms with Crippen LogP contribution in [0.15, 0.2) is 49.3 Å². The zero-order chi connectivity index (χ0) is 25.9. The van der Waals surface area contributed by atoms with Gasteiger partial charge < -0.3 is 9.30 Å². The average Bonchev–Trinajstić information content (AvgIpc) is 3.28. The van der Waals surface area contributed by atoms with Gasteiger partial charge in [-0.05, 0) is 32.9 Å². The van der Waals surface area contributed by atoms with Crippen molar-refractivity contribution in [2.45, 2.75) is 43.9 Å². The van der Waals surface area contributed by atoms with Crippen molar-refractivity contribution < 1.29 is 13.2 Å². The summed E-state index contributed by atoms with van der Waals surface area (Å²) in [5.41, 5.74) is 2.14. The monoisotopic (exact) mass is 528 g/mol. The molecule has 0 fully saturated rings. The lowest BCUT2D eigenvalue weighted by molar-refractivity contribution is 0.0948. The summed E-state index contributed by atoms with van der Waals surface area (Å²) in [5.74, 6) is 0.526. The van der Waals surface area contributed by atoms with Crippen molar-refractivity contribution in [2.24, 2.45) is 0 Å². The summed E-state index contributed by atoms with van der Waals surface area (Å²) >= 11 is 5.88. The lowest BCUT2D eigenvalue weighted by atomic mass is 10.1. The van der Waals surface area contributed by atoms with Crippen LogP contribution in [0.5, 0.6) is 0 Å². The van der Waals surface area contributed by atoms with Crippen LogP contribution in [0.1, 0.15) is 48.9 Å². The van der Waals surface area contributed by atoms with Crippen molar-refractivity contribution in [3.8, 4) is 11.5 Å². The van der Waals surface area contributed by atoms with E-state index in [9.17, 15) is 8.42 Å². The van der Waals surface area contributed by atoms with Gasteiger partial charge in [-0.2, -0.15) is 0 Å². The fourth-order valence-corrected chi connectivity index (χ4v) is 5.35. The van der Waals surface area contributed by atoms with Gasteiger partial charge in [-0.3, -0.25) is 0 Å². The third-order valence-corrected chi connectivity index (χ3v) is 8.04. The number of halogens is 1. The number of aromatic nitrogens is 8. The van der Waals surface area contributed by atoms with Gasteiger partial charge in [0.05, 0.1) is 16.3 Å². The van der Waals surface area contributed by atoms with Crippen LogP contribution in [0.2, 0.25) is 5.02 Å². The van der Waals surface area contributed by atoms with E-state index in [0.29, 0.717) is 16.5 Å². The van der Waals surface area contributed by atoms with Crippen molar-refractivity contribution >= 4 is 21.4 Å². The molecule has 0 saturated heterocycles. The predicted molar refractivity (Wildman–Crippen MR) is 133 cm³/mol. The Bertz CT molecular complexity index is 1430. The molecule has 4 heterocycles. The first-order valence-electron chi connectivity index (χ1n) is 11.1. The molecule has 11 nitrogen and oxygen atoms in total. The maximum absolute atomic E-state index is 13.6. The van der Waals surface area contributed by atoms with E-state index in [2.05, 4.69) is 35.1 Å². The summed E-state index contributed by atoms with van der Waals surface area (Å²) in [6.07, 6.45) is 6.67. The number of hydrogen-bond donors (Lipinski definition) is 0. The van der Waals surface area contributed by atoms with Crippen molar-refractivity contribution in [2.75, 3.05) is 7.11 Å². The zero-order valence-corrected chi connectivity index (χ0v) is 21.7. The van der Waals surface area contributed by atoms with E-state index in [1.54, 1.807) is 23.9 Å². The number of nitrogens with zero attached hydrogens (tertiary/aromatic N) is 8. The molecular formula is C23H25ClN8O3S. The van der Waals surface area contributed by atoms with Crippen LogP contribution >= 0.6 is 11.6 Å². The smallest absolute Gasteiger partial charge is 0.183 e. The van der Waals surface area contributed by atoms with Crippen LogP contribution in [0.4, 0.5) is 0 Å². The van der Waals surface area contributed by atoms with Crippen LogP contribution in [0.25, 0.3) is 11.5 Å². The van der Waals surface area contributed by atoms with E-state index in [4.69, 9.17) is 16.3 Å². The van der Waals surface area contributed by atoms with Gasteiger partial charge in [0, 0.05) is 43.2 Å². The van der Waals surface area contributed by atoms with Crippen LogP contribution in [-0.2, 0) is 20.3 Å². The number of pyridine rings is 1. The van der Waals surface area contributed by atoms with Gasteiger partial charge >= 0.3 is 0 Å². The molecule has 36 heavy (non-hydrogen) atoms. The summed E-state index contributed by atoms with van der Waals surface area (Å²) in [7, 11) is -2.40. The molecule has 0 N–H and O–H groups in total. The Kier molecular flexibility index (Phi) is 7.67. The summed E-state index contributed by atoms with van der Waals surface area (Å²) in [6.45, 7) is 5.33. The Labute approximate surface area is 213 Å². The van der Waals surface area contributed by atoms with Crippen LogP contribution in [0, 0.1) is 6.92 Å². The van der Waals surface area contributed by atoms with E-state index in [0.717, 1.165) is 11.3 Å². The molecule has 0 saturated carbocycles. The minimum absolute atomic E-state index is 0.221. The molecule has 4 rings (SSSR count). The number of methoxy groups -OCH3 is 1. The molecule has 0 aliphatic carbocycles. The predicted octanol–water partition coefficient (Wildman–Crippen LogP) is 3.18. The summed E-state index contributed by atoms with van der Waals surface area (Å²) < 4.78 is 34.4. The molecule has 0 aliphatic heterocycles. The molecular weight excluding hydrogens is 504 g/mol. The van der Waals surface area contributed by atoms with Gasteiger partial charge in [-0.15, -0.1) is 10.2 Å². The second-order valence-corrected chi connectivity index (χ2v) is 11.0. The van der Waals surface area contributed by atoms with Crippen molar-refractivity contribution in [3.63, 3.8) is 0 Å². The molecule has 0 spiro atoms. The third kappa shape index (κ3) is 5.40. The molecule has 0 unspecified atom stereocenters. The normalized spacial score (nSPS) is 14.4. The first-order valence-corrected chi connectivity index (χ1v) is 13.1. The fraction of sp³-hybridized carbons (Fsp3) is 0.348. The molecule has 0 bridgehead atoms. The highest BCUT2D eigenvalue weighted by Crippen LogP contribution is 2.29. The first-order chi connectivity index (χ1) is 17.2. The Morgan fingerprint density at radius 1 is 1.06 bits per heavy atom. The molecule has 188 valence electrons. The molecule has 4 aromatic rings. The van der Waals surface area contributed by atoms with Crippen molar-refractivity contribution in [1.29, 1.82) is 0 Å². The third-order valence-electron chi connectivity index (χ3n) is 5.81. The number of sulfone groups is 1. The van der Waals surface area contributed by atoms with E-state index >= 15 is 0 Å². The van der Waals surface area contributed by atoms with Crippen LogP contribution < -0.4 is 0 Å². The number of aryl methyl sites for hydroxylation is 1. The molecule has 0 aliphatic rings. The van der Waals surface area contributed by atoms with Crippen molar-refractivity contribution in [1.82, 2.24) is 39.7 Å². The topological polar surface area (TPSA) is 139 Å². The number of rotatable bonds is 9. The van der Waals surface area contributed by atoms with Crippen molar-refractivity contribution in [3.05, 3.63) is 77.2 Å². The lowest BCUT2D eigenvalue weighted by Gasteiger charge is -2.22. The molecule has 3 atom stereocenters. The fourth-order valence-electron chi connectivity index (χ4n) is 3.82. The van der Waals surface area contributed by atoms with Crippen LogP contribution in [0.3, 0.4) is 0 Å². The molecule has 13 heteroatoms. The van der Waals surface area contributed by atoms with Gasteiger partial charge in [0.1, 0.15) is 29.7 Å². The zero-order valence-electron chi connectivity index (χ0n) is 20.1. The van der Waals surface area contributed by atoms with E-state index < -0.39 is 26.9 Å². The van der Waals surface area contributed by atoms with Gasteiger partial charge in [0.2, 0.25) is 0 Å². The second kappa shape index (κ2) is 10.7. The largest absolute Gasteiger partial charge is 0.372 e. The maximum Gasteiger partial charge on any atom is 0.183 e. The molecule has 0 amide bonds.